The Balaban J connectivity index is 1.73. The van der Waals surface area contributed by atoms with Crippen molar-refractivity contribution in [2.75, 3.05) is 23.8 Å². The number of anilines is 2. The average molecular weight is 466 g/mol. The predicted molar refractivity (Wildman–Crippen MR) is 125 cm³/mol. The molecule has 1 amide bonds. The van der Waals surface area contributed by atoms with E-state index in [0.29, 0.717) is 42.3 Å². The van der Waals surface area contributed by atoms with Crippen molar-refractivity contribution in [3.05, 3.63) is 78.4 Å². The van der Waals surface area contributed by atoms with Crippen LogP contribution in [-0.4, -0.2) is 28.0 Å². The normalized spacial score (nSPS) is 10.7. The largest absolute Gasteiger partial charge is 0.495 e. The zero-order valence-corrected chi connectivity index (χ0v) is 18.8. The maximum atomic E-state index is 12.9. The summed E-state index contributed by atoms with van der Waals surface area (Å²) in [7, 11) is -2.50. The Hall–Kier alpha value is -4.03. The fraction of sp³-hybridized carbons (Fsp3) is 0.167. The molecule has 3 rings (SSSR count). The fourth-order valence-electron chi connectivity index (χ4n) is 2.95. The standard InChI is InChI=1S/C24H23N3O5S/c1-31-23-13-3-2-12-22(23)27-33(29,30)21-11-6-8-18(16-21)24(28)26-19-9-7-10-20(17-19)32-15-5-4-14-25/h2-3,6-13,16-17,27H,4-5,15H2,1H3,(H,26,28). The van der Waals surface area contributed by atoms with Crippen LogP contribution in [-0.2, 0) is 10.0 Å². The van der Waals surface area contributed by atoms with E-state index in [2.05, 4.69) is 16.1 Å². The first-order valence-electron chi connectivity index (χ1n) is 10.1. The number of unbranched alkanes of at least 4 members (excludes halogenated alkanes) is 1. The lowest BCUT2D eigenvalue weighted by molar-refractivity contribution is 0.102. The van der Waals surface area contributed by atoms with E-state index in [9.17, 15) is 13.2 Å². The van der Waals surface area contributed by atoms with Gasteiger partial charge in [0.25, 0.3) is 15.9 Å². The van der Waals surface area contributed by atoms with Gasteiger partial charge in [-0.1, -0.05) is 24.3 Å². The second kappa shape index (κ2) is 11.0. The molecule has 0 bridgehead atoms. The van der Waals surface area contributed by atoms with Crippen molar-refractivity contribution in [1.82, 2.24) is 0 Å². The molecule has 0 aliphatic heterocycles. The first kappa shape index (κ1) is 23.6. The van der Waals surface area contributed by atoms with E-state index in [1.54, 1.807) is 48.5 Å². The number of rotatable bonds is 10. The second-order valence-corrected chi connectivity index (χ2v) is 8.61. The van der Waals surface area contributed by atoms with Gasteiger partial charge in [-0.2, -0.15) is 5.26 Å². The summed E-state index contributed by atoms with van der Waals surface area (Å²) in [6, 6.07) is 21.3. The minimum atomic E-state index is -3.95. The number of nitrogens with zero attached hydrogens (tertiary/aromatic N) is 1. The smallest absolute Gasteiger partial charge is 0.262 e. The molecular weight excluding hydrogens is 442 g/mol. The molecule has 2 N–H and O–H groups in total. The molecule has 0 heterocycles. The van der Waals surface area contributed by atoms with Crippen molar-refractivity contribution in [1.29, 1.82) is 5.26 Å². The van der Waals surface area contributed by atoms with E-state index in [4.69, 9.17) is 14.7 Å². The average Bonchev–Trinajstić information content (AvgIpc) is 2.82. The molecule has 0 unspecified atom stereocenters. The van der Waals surface area contributed by atoms with Crippen molar-refractivity contribution in [2.24, 2.45) is 0 Å². The minimum Gasteiger partial charge on any atom is -0.495 e. The number of carbonyl (C=O) groups is 1. The summed E-state index contributed by atoms with van der Waals surface area (Å²) in [6.07, 6.45) is 1.01. The third kappa shape index (κ3) is 6.48. The molecule has 0 saturated carbocycles. The van der Waals surface area contributed by atoms with Gasteiger partial charge < -0.3 is 14.8 Å². The van der Waals surface area contributed by atoms with Gasteiger partial charge in [-0.05, 0) is 48.9 Å². The van der Waals surface area contributed by atoms with E-state index in [-0.39, 0.29) is 10.5 Å². The van der Waals surface area contributed by atoms with E-state index in [1.807, 2.05) is 0 Å². The fourth-order valence-corrected chi connectivity index (χ4v) is 4.06. The first-order valence-corrected chi connectivity index (χ1v) is 11.6. The Bertz CT molecular complexity index is 1270. The number of hydrogen-bond acceptors (Lipinski definition) is 6. The molecule has 0 atom stereocenters. The monoisotopic (exact) mass is 465 g/mol. The number of nitriles is 1. The molecule has 0 saturated heterocycles. The summed E-state index contributed by atoms with van der Waals surface area (Å²) in [5.41, 5.74) is 0.970. The molecule has 170 valence electrons. The molecule has 0 spiro atoms. The van der Waals surface area contributed by atoms with Crippen molar-refractivity contribution < 1.29 is 22.7 Å². The number of sulfonamides is 1. The van der Waals surface area contributed by atoms with E-state index >= 15 is 0 Å². The van der Waals surface area contributed by atoms with Gasteiger partial charge in [0.2, 0.25) is 0 Å². The van der Waals surface area contributed by atoms with Crippen LogP contribution in [0.5, 0.6) is 11.5 Å². The number of amides is 1. The van der Waals surface area contributed by atoms with Gasteiger partial charge in [-0.15, -0.1) is 0 Å². The highest BCUT2D eigenvalue weighted by atomic mass is 32.2. The number of para-hydroxylation sites is 2. The number of benzene rings is 3. The molecule has 0 aliphatic carbocycles. The van der Waals surface area contributed by atoms with Crippen LogP contribution in [0.1, 0.15) is 23.2 Å². The minimum absolute atomic E-state index is 0.0596. The van der Waals surface area contributed by atoms with Crippen LogP contribution < -0.4 is 19.5 Å². The van der Waals surface area contributed by atoms with Gasteiger partial charge >= 0.3 is 0 Å². The first-order chi connectivity index (χ1) is 15.9. The summed E-state index contributed by atoms with van der Waals surface area (Å²) in [4.78, 5) is 12.7. The third-order valence-electron chi connectivity index (χ3n) is 4.55. The van der Waals surface area contributed by atoms with Crippen molar-refractivity contribution in [3.8, 4) is 17.6 Å². The quantitative estimate of drug-likeness (QED) is 0.428. The van der Waals surface area contributed by atoms with Gasteiger partial charge in [0, 0.05) is 23.7 Å². The Kier molecular flexibility index (Phi) is 7.89. The van der Waals surface area contributed by atoms with Crippen molar-refractivity contribution in [2.45, 2.75) is 17.7 Å². The van der Waals surface area contributed by atoms with Crippen LogP contribution in [0.15, 0.2) is 77.7 Å². The Morgan fingerprint density at radius 1 is 1.03 bits per heavy atom. The summed E-state index contributed by atoms with van der Waals surface area (Å²) in [5.74, 6) is 0.471. The Morgan fingerprint density at radius 2 is 1.82 bits per heavy atom. The van der Waals surface area contributed by atoms with Crippen LogP contribution in [0.2, 0.25) is 0 Å². The van der Waals surface area contributed by atoms with Gasteiger partial charge in [-0.3, -0.25) is 9.52 Å². The molecule has 0 aliphatic rings. The predicted octanol–water partition coefficient (Wildman–Crippen LogP) is 4.43. The number of methoxy groups -OCH3 is 1. The summed E-state index contributed by atoms with van der Waals surface area (Å²) in [5, 5.41) is 11.3. The summed E-state index contributed by atoms with van der Waals surface area (Å²) >= 11 is 0. The van der Waals surface area contributed by atoms with Crippen LogP contribution in [0.4, 0.5) is 11.4 Å². The molecule has 0 fully saturated rings. The lowest BCUT2D eigenvalue weighted by atomic mass is 10.2. The highest BCUT2D eigenvalue weighted by Crippen LogP contribution is 2.26. The van der Waals surface area contributed by atoms with Crippen LogP contribution >= 0.6 is 0 Å². The topological polar surface area (TPSA) is 118 Å². The van der Waals surface area contributed by atoms with Crippen LogP contribution in [0.25, 0.3) is 0 Å². The zero-order chi connectivity index (χ0) is 23.7. The number of carbonyl (C=O) groups excluding carboxylic acids is 1. The molecular formula is C24H23N3O5S. The molecule has 3 aromatic rings. The van der Waals surface area contributed by atoms with Crippen molar-refractivity contribution >= 4 is 27.3 Å². The Morgan fingerprint density at radius 3 is 2.61 bits per heavy atom. The summed E-state index contributed by atoms with van der Waals surface area (Å²) in [6.45, 7) is 0.393. The zero-order valence-electron chi connectivity index (χ0n) is 17.9. The second-order valence-electron chi connectivity index (χ2n) is 6.93. The van der Waals surface area contributed by atoms with E-state index < -0.39 is 15.9 Å². The molecule has 33 heavy (non-hydrogen) atoms. The lowest BCUT2D eigenvalue weighted by Gasteiger charge is -2.12. The third-order valence-corrected chi connectivity index (χ3v) is 5.91. The van der Waals surface area contributed by atoms with E-state index in [0.717, 1.165) is 0 Å². The van der Waals surface area contributed by atoms with Crippen LogP contribution in [0, 0.1) is 11.3 Å². The number of hydrogen-bond donors (Lipinski definition) is 2. The molecule has 0 aromatic heterocycles. The Labute approximate surface area is 192 Å². The number of ether oxygens (including phenoxy) is 2. The maximum Gasteiger partial charge on any atom is 0.262 e. The highest BCUT2D eigenvalue weighted by Gasteiger charge is 2.18. The van der Waals surface area contributed by atoms with Gasteiger partial charge in [-0.25, -0.2) is 8.42 Å². The van der Waals surface area contributed by atoms with Crippen LogP contribution in [0.3, 0.4) is 0 Å². The van der Waals surface area contributed by atoms with Gasteiger partial charge in [0.15, 0.2) is 0 Å². The van der Waals surface area contributed by atoms with E-state index in [1.165, 1.54) is 31.4 Å². The van der Waals surface area contributed by atoms with Gasteiger partial charge in [0.1, 0.15) is 11.5 Å². The maximum absolute atomic E-state index is 12.9. The molecule has 3 aromatic carbocycles. The summed E-state index contributed by atoms with van der Waals surface area (Å²) < 4.78 is 39.0. The molecule has 0 radical (unpaired) electrons. The SMILES string of the molecule is COc1ccccc1NS(=O)(=O)c1cccc(C(=O)Nc2cccc(OCCCC#N)c2)c1. The molecule has 9 heteroatoms. The lowest BCUT2D eigenvalue weighted by Crippen LogP contribution is -2.16. The number of nitrogens with one attached hydrogen (secondary N) is 2. The van der Waals surface area contributed by atoms with Crippen molar-refractivity contribution in [3.63, 3.8) is 0 Å². The molecule has 8 nitrogen and oxygen atoms in total. The highest BCUT2D eigenvalue weighted by molar-refractivity contribution is 7.92. The van der Waals surface area contributed by atoms with Gasteiger partial charge in [0.05, 0.1) is 30.4 Å².